The summed E-state index contributed by atoms with van der Waals surface area (Å²) in [4.78, 5) is 22.9. The van der Waals surface area contributed by atoms with Crippen molar-refractivity contribution >= 4 is 11.8 Å². The Kier molecular flexibility index (Phi) is 11.2. The van der Waals surface area contributed by atoms with Crippen LogP contribution in [0.1, 0.15) is 86.7 Å². The van der Waals surface area contributed by atoms with Gasteiger partial charge in [-0.05, 0) is 99.1 Å². The predicted octanol–water partition coefficient (Wildman–Crippen LogP) is 4.91. The van der Waals surface area contributed by atoms with Gasteiger partial charge in [-0.25, -0.2) is 8.78 Å². The van der Waals surface area contributed by atoms with E-state index in [0.29, 0.717) is 12.8 Å². The highest BCUT2D eigenvalue weighted by molar-refractivity contribution is 5.76. The Balaban J connectivity index is 0.000000211. The normalized spacial score (nSPS) is 23.1. The molecule has 2 aromatic carbocycles. The minimum atomic E-state index is -0.201. The number of amides is 2. The van der Waals surface area contributed by atoms with Gasteiger partial charge >= 0.3 is 0 Å². The van der Waals surface area contributed by atoms with Gasteiger partial charge in [-0.3, -0.25) is 9.59 Å². The van der Waals surface area contributed by atoms with Crippen molar-refractivity contribution in [3.63, 3.8) is 0 Å². The van der Waals surface area contributed by atoms with Crippen LogP contribution < -0.4 is 21.3 Å². The van der Waals surface area contributed by atoms with Crippen LogP contribution in [0.3, 0.4) is 0 Å². The van der Waals surface area contributed by atoms with Crippen LogP contribution in [-0.4, -0.2) is 37.0 Å². The van der Waals surface area contributed by atoms with E-state index in [1.54, 1.807) is 12.1 Å². The van der Waals surface area contributed by atoms with Gasteiger partial charge in [0.2, 0.25) is 11.8 Å². The molecule has 0 aliphatic carbocycles. The highest BCUT2D eigenvalue weighted by atomic mass is 19.1. The third-order valence-corrected chi connectivity index (χ3v) is 7.39. The van der Waals surface area contributed by atoms with Gasteiger partial charge < -0.3 is 21.3 Å². The molecular weight excluding hydrogens is 486 g/mol. The Labute approximate surface area is 225 Å². The fraction of sp³-hybridized carbons (Fsp3) is 0.533. The van der Waals surface area contributed by atoms with Gasteiger partial charge in [0, 0.05) is 37.0 Å². The zero-order chi connectivity index (χ0) is 27.7. The van der Waals surface area contributed by atoms with E-state index in [4.69, 9.17) is 0 Å². The molecule has 38 heavy (non-hydrogen) atoms. The molecule has 0 saturated carbocycles. The van der Waals surface area contributed by atoms with E-state index in [1.807, 2.05) is 39.8 Å². The first-order valence-electron chi connectivity index (χ1n) is 13.8. The van der Waals surface area contributed by atoms with Crippen molar-refractivity contribution in [2.24, 2.45) is 0 Å². The summed E-state index contributed by atoms with van der Waals surface area (Å²) >= 11 is 0. The first-order valence-corrected chi connectivity index (χ1v) is 13.8. The van der Waals surface area contributed by atoms with Crippen LogP contribution in [0, 0.1) is 25.5 Å². The Morgan fingerprint density at radius 3 is 1.50 bits per heavy atom. The Hall–Kier alpha value is -2.84. The fourth-order valence-corrected chi connectivity index (χ4v) is 5.29. The second-order valence-electron chi connectivity index (χ2n) is 10.3. The molecule has 4 atom stereocenters. The molecular formula is C30H42F2N4O2. The Morgan fingerprint density at radius 2 is 1.16 bits per heavy atom. The number of carbonyl (C=O) groups is 2. The number of hydrogen-bond donors (Lipinski definition) is 4. The summed E-state index contributed by atoms with van der Waals surface area (Å²) in [6.07, 6.45) is 4.65. The van der Waals surface area contributed by atoms with E-state index in [0.717, 1.165) is 61.0 Å². The number of benzene rings is 2. The molecule has 0 unspecified atom stereocenters. The monoisotopic (exact) mass is 528 g/mol. The molecule has 2 aliphatic heterocycles. The van der Waals surface area contributed by atoms with E-state index in [1.165, 1.54) is 12.1 Å². The number of aryl methyl sites for hydroxylation is 2. The first-order chi connectivity index (χ1) is 18.2. The molecule has 208 valence electrons. The van der Waals surface area contributed by atoms with Crippen molar-refractivity contribution in [1.82, 2.24) is 21.3 Å². The van der Waals surface area contributed by atoms with E-state index in [-0.39, 0.29) is 47.6 Å². The van der Waals surface area contributed by atoms with E-state index >= 15 is 0 Å². The Bertz CT molecular complexity index is 1010. The fourth-order valence-electron chi connectivity index (χ4n) is 5.29. The lowest BCUT2D eigenvalue weighted by Gasteiger charge is -2.32. The Morgan fingerprint density at radius 1 is 0.763 bits per heavy atom. The minimum Gasteiger partial charge on any atom is -0.353 e. The topological polar surface area (TPSA) is 82.3 Å². The molecule has 2 saturated heterocycles. The third kappa shape index (κ3) is 8.60. The summed E-state index contributed by atoms with van der Waals surface area (Å²) in [5.41, 5.74) is 4.16. The summed E-state index contributed by atoms with van der Waals surface area (Å²) in [6.45, 7) is 9.31. The lowest BCUT2D eigenvalue weighted by atomic mass is 9.91. The van der Waals surface area contributed by atoms with Gasteiger partial charge in [-0.15, -0.1) is 0 Å². The molecule has 2 aliphatic rings. The molecule has 0 aromatic heterocycles. The summed E-state index contributed by atoms with van der Waals surface area (Å²) in [6, 6.07) is 10.6. The molecule has 0 bridgehead atoms. The van der Waals surface area contributed by atoms with Crippen molar-refractivity contribution in [3.05, 3.63) is 70.3 Å². The second kappa shape index (κ2) is 14.4. The molecule has 2 amide bonds. The number of carbonyl (C=O) groups excluding carboxylic acids is 2. The standard InChI is InChI=1S/2C15H21FN2O/c2*1-3-15(19)18-12-6-7-17-14(9-12)13-5-4-11(16)8-10(13)2/h2*4-5,8,12,14,17H,3,6-7,9H2,1-2H3,(H,18,19)/t2*12-,14+/m10/s1. The molecule has 4 rings (SSSR count). The maximum atomic E-state index is 13.1. The average molecular weight is 529 g/mol. The van der Waals surface area contributed by atoms with E-state index in [9.17, 15) is 18.4 Å². The molecule has 6 nitrogen and oxygen atoms in total. The van der Waals surface area contributed by atoms with Gasteiger partial charge in [0.25, 0.3) is 0 Å². The highest BCUT2D eigenvalue weighted by Crippen LogP contribution is 2.27. The van der Waals surface area contributed by atoms with E-state index in [2.05, 4.69) is 21.3 Å². The molecule has 2 aromatic rings. The summed E-state index contributed by atoms with van der Waals surface area (Å²) in [7, 11) is 0. The quantitative estimate of drug-likeness (QED) is 0.430. The second-order valence-corrected chi connectivity index (χ2v) is 10.3. The van der Waals surface area contributed by atoms with Crippen LogP contribution in [0.4, 0.5) is 8.78 Å². The molecule has 0 radical (unpaired) electrons. The van der Waals surface area contributed by atoms with Crippen molar-refractivity contribution in [2.45, 2.75) is 90.4 Å². The number of piperidine rings is 2. The van der Waals surface area contributed by atoms with Crippen molar-refractivity contribution in [3.8, 4) is 0 Å². The lowest BCUT2D eigenvalue weighted by molar-refractivity contribution is -0.122. The zero-order valence-electron chi connectivity index (χ0n) is 23.0. The zero-order valence-corrected chi connectivity index (χ0v) is 23.0. The van der Waals surface area contributed by atoms with E-state index < -0.39 is 0 Å². The van der Waals surface area contributed by atoms with Gasteiger partial charge in [0.1, 0.15) is 11.6 Å². The van der Waals surface area contributed by atoms with Crippen molar-refractivity contribution < 1.29 is 18.4 Å². The summed E-state index contributed by atoms with van der Waals surface area (Å²) < 4.78 is 26.3. The highest BCUT2D eigenvalue weighted by Gasteiger charge is 2.25. The summed E-state index contributed by atoms with van der Waals surface area (Å²) in [5, 5.41) is 13.0. The molecule has 0 spiro atoms. The lowest BCUT2D eigenvalue weighted by Crippen LogP contribution is -2.44. The molecule has 2 heterocycles. The average Bonchev–Trinajstić information content (AvgIpc) is 2.89. The molecule has 2 fully saturated rings. The predicted molar refractivity (Wildman–Crippen MR) is 147 cm³/mol. The maximum Gasteiger partial charge on any atom is 0.219 e. The van der Waals surface area contributed by atoms with Crippen LogP contribution in [0.15, 0.2) is 36.4 Å². The van der Waals surface area contributed by atoms with Gasteiger partial charge in [-0.2, -0.15) is 0 Å². The van der Waals surface area contributed by atoms with Crippen LogP contribution >= 0.6 is 0 Å². The number of nitrogens with one attached hydrogen (secondary N) is 4. The number of rotatable bonds is 6. The smallest absolute Gasteiger partial charge is 0.219 e. The van der Waals surface area contributed by atoms with Crippen molar-refractivity contribution in [2.75, 3.05) is 13.1 Å². The van der Waals surface area contributed by atoms with Crippen LogP contribution in [0.5, 0.6) is 0 Å². The van der Waals surface area contributed by atoms with Gasteiger partial charge in [0.15, 0.2) is 0 Å². The van der Waals surface area contributed by atoms with Crippen LogP contribution in [-0.2, 0) is 9.59 Å². The maximum absolute atomic E-state index is 13.1. The largest absolute Gasteiger partial charge is 0.353 e. The minimum absolute atomic E-state index is 0.0986. The summed E-state index contributed by atoms with van der Waals surface area (Å²) in [5.74, 6) is -0.205. The van der Waals surface area contributed by atoms with Crippen LogP contribution in [0.25, 0.3) is 0 Å². The number of hydrogen-bond acceptors (Lipinski definition) is 4. The third-order valence-electron chi connectivity index (χ3n) is 7.39. The van der Waals surface area contributed by atoms with Gasteiger partial charge in [0.05, 0.1) is 0 Å². The SMILES string of the molecule is CCC(=O)N[C@@H]1CCN[C@H](c2ccc(F)cc2C)C1.CCC(=O)N[C@H]1CCN[C@@H](c2ccc(F)cc2C)C1. The van der Waals surface area contributed by atoms with Crippen LogP contribution in [0.2, 0.25) is 0 Å². The molecule has 8 heteroatoms. The molecule has 4 N–H and O–H groups in total. The number of halogens is 2. The van der Waals surface area contributed by atoms with Gasteiger partial charge in [-0.1, -0.05) is 26.0 Å². The first kappa shape index (κ1) is 29.7. The van der Waals surface area contributed by atoms with Crippen molar-refractivity contribution in [1.29, 1.82) is 0 Å².